The van der Waals surface area contributed by atoms with Crippen LogP contribution in [0.25, 0.3) is 0 Å². The number of hydrogen-bond acceptors (Lipinski definition) is 1. The molecule has 0 fully saturated rings. The first-order valence-electron chi connectivity index (χ1n) is 13.3. The van der Waals surface area contributed by atoms with Gasteiger partial charge in [0.15, 0.2) is 0 Å². The molecule has 0 aromatic heterocycles. The van der Waals surface area contributed by atoms with Crippen molar-refractivity contribution in [2.45, 2.75) is 155 Å². The fraction of sp³-hybridized carbons (Fsp3) is 0.857. The normalized spacial score (nSPS) is 13.1. The van der Waals surface area contributed by atoms with Gasteiger partial charge in [-0.2, -0.15) is 0 Å². The molecule has 0 aliphatic rings. The highest BCUT2D eigenvalue weighted by Gasteiger charge is 2.03. The smallest absolute Gasteiger partial charge is 0.0540 e. The molecule has 0 aromatic rings. The van der Waals surface area contributed by atoms with E-state index in [1.54, 1.807) is 0 Å². The van der Waals surface area contributed by atoms with E-state index in [2.05, 4.69) is 38.2 Å². The first-order chi connectivity index (χ1) is 14.3. The van der Waals surface area contributed by atoms with Gasteiger partial charge in [0.2, 0.25) is 0 Å². The Labute approximate surface area is 184 Å². The Morgan fingerprint density at radius 2 is 0.862 bits per heavy atom. The third-order valence-corrected chi connectivity index (χ3v) is 5.88. The molecule has 29 heavy (non-hydrogen) atoms. The zero-order valence-electron chi connectivity index (χ0n) is 20.2. The summed E-state index contributed by atoms with van der Waals surface area (Å²) in [6, 6.07) is 0. The Morgan fingerprint density at radius 1 is 0.483 bits per heavy atom. The molecule has 0 bridgehead atoms. The maximum atomic E-state index is 10.1. The molecule has 0 aliphatic carbocycles. The van der Waals surface area contributed by atoms with Gasteiger partial charge in [0, 0.05) is 0 Å². The standard InChI is InChI=1S/C28H54O/c1-3-5-7-9-11-13-14-15-16-17-18-19-21-23-25-27-28(29)26-24-22-20-12-10-8-6-4-2/h11,13,15-16,28-29H,3-10,12,14,17-27H2,1-2H3. The number of aliphatic hydroxyl groups is 1. The van der Waals surface area contributed by atoms with Crippen molar-refractivity contribution in [2.75, 3.05) is 0 Å². The quantitative estimate of drug-likeness (QED) is 0.132. The van der Waals surface area contributed by atoms with Gasteiger partial charge in [0.05, 0.1) is 6.10 Å². The van der Waals surface area contributed by atoms with E-state index in [4.69, 9.17) is 0 Å². The molecule has 0 radical (unpaired) electrons. The van der Waals surface area contributed by atoms with E-state index in [1.165, 1.54) is 116 Å². The summed E-state index contributed by atoms with van der Waals surface area (Å²) in [6.07, 6.45) is 36.2. The number of hydrogen-bond donors (Lipinski definition) is 1. The second-order valence-corrected chi connectivity index (χ2v) is 8.94. The molecule has 0 aliphatic heterocycles. The summed E-state index contributed by atoms with van der Waals surface area (Å²) in [4.78, 5) is 0. The maximum Gasteiger partial charge on any atom is 0.0540 e. The molecule has 0 heterocycles. The minimum Gasteiger partial charge on any atom is -0.393 e. The van der Waals surface area contributed by atoms with Crippen LogP contribution in [0.15, 0.2) is 24.3 Å². The van der Waals surface area contributed by atoms with Gasteiger partial charge < -0.3 is 5.11 Å². The van der Waals surface area contributed by atoms with Gasteiger partial charge in [-0.1, -0.05) is 128 Å². The summed E-state index contributed by atoms with van der Waals surface area (Å²) < 4.78 is 0. The minimum absolute atomic E-state index is 0.0481. The van der Waals surface area contributed by atoms with Gasteiger partial charge in [0.1, 0.15) is 0 Å². The molecule has 1 heteroatoms. The van der Waals surface area contributed by atoms with Crippen LogP contribution in [-0.2, 0) is 0 Å². The van der Waals surface area contributed by atoms with E-state index in [0.717, 1.165) is 19.3 Å². The Hall–Kier alpha value is -0.560. The van der Waals surface area contributed by atoms with Crippen molar-refractivity contribution in [1.29, 1.82) is 0 Å². The molecule has 0 amide bonds. The van der Waals surface area contributed by atoms with Gasteiger partial charge >= 0.3 is 0 Å². The number of rotatable bonds is 23. The van der Waals surface area contributed by atoms with E-state index in [9.17, 15) is 5.11 Å². The maximum absolute atomic E-state index is 10.1. The van der Waals surface area contributed by atoms with Gasteiger partial charge in [-0.05, 0) is 44.9 Å². The molecule has 1 atom stereocenters. The van der Waals surface area contributed by atoms with Gasteiger partial charge in [-0.25, -0.2) is 0 Å². The van der Waals surface area contributed by atoms with Crippen molar-refractivity contribution in [3.63, 3.8) is 0 Å². The van der Waals surface area contributed by atoms with Gasteiger partial charge in [-0.15, -0.1) is 0 Å². The largest absolute Gasteiger partial charge is 0.393 e. The number of aliphatic hydroxyl groups excluding tert-OH is 1. The van der Waals surface area contributed by atoms with Crippen molar-refractivity contribution >= 4 is 0 Å². The van der Waals surface area contributed by atoms with E-state index >= 15 is 0 Å². The van der Waals surface area contributed by atoms with Crippen LogP contribution in [0, 0.1) is 0 Å². The average Bonchev–Trinajstić information content (AvgIpc) is 2.72. The minimum atomic E-state index is -0.0481. The predicted molar refractivity (Wildman–Crippen MR) is 133 cm³/mol. The van der Waals surface area contributed by atoms with Crippen LogP contribution in [0.2, 0.25) is 0 Å². The zero-order chi connectivity index (χ0) is 21.3. The van der Waals surface area contributed by atoms with Crippen LogP contribution in [0.3, 0.4) is 0 Å². The molecule has 172 valence electrons. The Kier molecular flexibility index (Phi) is 25.0. The molecule has 0 rings (SSSR count). The monoisotopic (exact) mass is 406 g/mol. The van der Waals surface area contributed by atoms with Crippen molar-refractivity contribution in [3.05, 3.63) is 24.3 Å². The SMILES string of the molecule is CCCCCC=CCC=CCCCCCCCC(O)CCCCCCCCCC. The van der Waals surface area contributed by atoms with E-state index in [0.29, 0.717) is 0 Å². The van der Waals surface area contributed by atoms with Crippen molar-refractivity contribution in [2.24, 2.45) is 0 Å². The Morgan fingerprint density at radius 3 is 1.38 bits per heavy atom. The average molecular weight is 407 g/mol. The van der Waals surface area contributed by atoms with Crippen LogP contribution in [0.1, 0.15) is 149 Å². The van der Waals surface area contributed by atoms with Crippen molar-refractivity contribution < 1.29 is 5.11 Å². The predicted octanol–water partition coefficient (Wildman–Crippen LogP) is 9.69. The molecule has 0 aromatic carbocycles. The van der Waals surface area contributed by atoms with Gasteiger partial charge in [0.25, 0.3) is 0 Å². The summed E-state index contributed by atoms with van der Waals surface area (Å²) in [5.41, 5.74) is 0. The van der Waals surface area contributed by atoms with Crippen LogP contribution >= 0.6 is 0 Å². The third kappa shape index (κ3) is 25.4. The van der Waals surface area contributed by atoms with E-state index in [1.807, 2.05) is 0 Å². The first kappa shape index (κ1) is 28.4. The highest BCUT2D eigenvalue weighted by Crippen LogP contribution is 2.14. The van der Waals surface area contributed by atoms with Crippen LogP contribution in [-0.4, -0.2) is 11.2 Å². The Bertz CT molecular complexity index is 344. The first-order valence-corrected chi connectivity index (χ1v) is 13.3. The number of unbranched alkanes of at least 4 members (excludes halogenated alkanes) is 15. The fourth-order valence-electron chi connectivity index (χ4n) is 3.85. The fourth-order valence-corrected chi connectivity index (χ4v) is 3.85. The second-order valence-electron chi connectivity index (χ2n) is 8.94. The molecular formula is C28H54O. The summed E-state index contributed by atoms with van der Waals surface area (Å²) in [7, 11) is 0. The highest BCUT2D eigenvalue weighted by molar-refractivity contribution is 4.92. The third-order valence-electron chi connectivity index (χ3n) is 5.88. The second kappa shape index (κ2) is 25.5. The lowest BCUT2D eigenvalue weighted by atomic mass is 10.0. The zero-order valence-corrected chi connectivity index (χ0v) is 20.2. The molecular weight excluding hydrogens is 352 g/mol. The van der Waals surface area contributed by atoms with Crippen molar-refractivity contribution in [1.82, 2.24) is 0 Å². The molecule has 0 saturated carbocycles. The lowest BCUT2D eigenvalue weighted by molar-refractivity contribution is 0.147. The van der Waals surface area contributed by atoms with Crippen molar-refractivity contribution in [3.8, 4) is 0 Å². The van der Waals surface area contributed by atoms with Crippen LogP contribution in [0.5, 0.6) is 0 Å². The van der Waals surface area contributed by atoms with Crippen LogP contribution < -0.4 is 0 Å². The topological polar surface area (TPSA) is 20.2 Å². The summed E-state index contributed by atoms with van der Waals surface area (Å²) in [5, 5.41) is 10.1. The molecule has 0 spiro atoms. The summed E-state index contributed by atoms with van der Waals surface area (Å²) in [5.74, 6) is 0. The molecule has 1 nitrogen and oxygen atoms in total. The molecule has 1 unspecified atom stereocenters. The summed E-state index contributed by atoms with van der Waals surface area (Å²) >= 11 is 0. The Balaban J connectivity index is 3.24. The highest BCUT2D eigenvalue weighted by atomic mass is 16.3. The summed E-state index contributed by atoms with van der Waals surface area (Å²) in [6.45, 7) is 4.53. The molecule has 0 saturated heterocycles. The van der Waals surface area contributed by atoms with E-state index in [-0.39, 0.29) is 6.10 Å². The van der Waals surface area contributed by atoms with E-state index < -0.39 is 0 Å². The number of allylic oxidation sites excluding steroid dienone is 4. The lowest BCUT2D eigenvalue weighted by Gasteiger charge is -2.10. The lowest BCUT2D eigenvalue weighted by Crippen LogP contribution is -2.05. The van der Waals surface area contributed by atoms with Crippen LogP contribution in [0.4, 0.5) is 0 Å². The van der Waals surface area contributed by atoms with Gasteiger partial charge in [-0.3, -0.25) is 0 Å². The molecule has 1 N–H and O–H groups in total.